The predicted octanol–water partition coefficient (Wildman–Crippen LogP) is 4.15. The maximum Gasteiger partial charge on any atom is 0.484 e. The summed E-state index contributed by atoms with van der Waals surface area (Å²) in [5, 5.41) is 10.2. The molecule has 0 spiro atoms. The number of nitriles is 1. The van der Waals surface area contributed by atoms with Crippen LogP contribution in [0.4, 0.5) is 13.2 Å². The maximum atomic E-state index is 13.0. The van der Waals surface area contributed by atoms with E-state index in [9.17, 15) is 18.0 Å². The fourth-order valence-electron chi connectivity index (χ4n) is 4.13. The summed E-state index contributed by atoms with van der Waals surface area (Å²) in [5.41, 5.74) is 0.484. The van der Waals surface area contributed by atoms with Gasteiger partial charge < -0.3 is 0 Å². The highest BCUT2D eigenvalue weighted by atomic mass is 19.4. The quantitative estimate of drug-likeness (QED) is 0.699. The Hall–Kier alpha value is -2.92. The molecule has 1 aliphatic heterocycles. The van der Waals surface area contributed by atoms with Crippen molar-refractivity contribution in [1.82, 2.24) is 15.2 Å². The van der Waals surface area contributed by atoms with Crippen LogP contribution in [0.3, 0.4) is 0 Å². The Balaban J connectivity index is 1.83. The number of alkyl halides is 3. The van der Waals surface area contributed by atoms with E-state index in [0.717, 1.165) is 11.3 Å². The van der Waals surface area contributed by atoms with Gasteiger partial charge in [0.05, 0.1) is 28.3 Å². The maximum absolute atomic E-state index is 13.0. The number of likely N-dealkylation sites (tertiary alicyclic amines) is 1. The zero-order valence-electron chi connectivity index (χ0n) is 17.5. The van der Waals surface area contributed by atoms with Crippen LogP contribution in [0.25, 0.3) is 0 Å². The lowest BCUT2D eigenvalue weighted by Gasteiger charge is -2.37. The van der Waals surface area contributed by atoms with E-state index in [1.54, 1.807) is 30.5 Å². The standard InChI is InChI=1S/C23H25F3N4O/c1-21(2,19-5-3-4-13-28-19)30-14-12-22(16-30,20(31)29-23(24,25)26)11-10-17-6-8-18(15-27)9-7-17/h3-9,13H,10-12,14,16H2,1-2H3,(H,29,31)/t22-/m1/s1. The van der Waals surface area contributed by atoms with Crippen molar-refractivity contribution in [3.05, 3.63) is 65.5 Å². The largest absolute Gasteiger partial charge is 0.484 e. The van der Waals surface area contributed by atoms with Gasteiger partial charge in [-0.1, -0.05) is 18.2 Å². The van der Waals surface area contributed by atoms with E-state index in [-0.39, 0.29) is 13.0 Å². The summed E-state index contributed by atoms with van der Waals surface area (Å²) in [6.07, 6.45) is -2.06. The molecular weight excluding hydrogens is 405 g/mol. The van der Waals surface area contributed by atoms with Crippen LogP contribution < -0.4 is 5.32 Å². The van der Waals surface area contributed by atoms with E-state index in [0.29, 0.717) is 24.9 Å². The molecule has 0 saturated carbocycles. The van der Waals surface area contributed by atoms with E-state index in [4.69, 9.17) is 5.26 Å². The fraction of sp³-hybridized carbons (Fsp3) is 0.435. The highest BCUT2D eigenvalue weighted by molar-refractivity contribution is 5.83. The van der Waals surface area contributed by atoms with Crippen molar-refractivity contribution in [2.45, 2.75) is 44.9 Å². The van der Waals surface area contributed by atoms with Crippen LogP contribution in [-0.4, -0.2) is 35.2 Å². The number of benzene rings is 1. The number of aryl methyl sites for hydroxylation is 1. The summed E-state index contributed by atoms with van der Waals surface area (Å²) in [7, 11) is 0. The minimum absolute atomic E-state index is 0.203. The molecule has 0 bridgehead atoms. The SMILES string of the molecule is CC(C)(c1ccccn1)N1CC[C@@](CCc2ccc(C#N)cc2)(C(=O)NC(F)(F)F)C1. The number of rotatable bonds is 6. The van der Waals surface area contributed by atoms with Crippen LogP contribution in [0.15, 0.2) is 48.7 Å². The zero-order chi connectivity index (χ0) is 22.7. The van der Waals surface area contributed by atoms with E-state index in [1.165, 1.54) is 5.32 Å². The number of carbonyl (C=O) groups is 1. The minimum atomic E-state index is -4.78. The normalized spacial score (nSPS) is 19.7. The van der Waals surface area contributed by atoms with Crippen LogP contribution in [0.1, 0.15) is 43.5 Å². The molecule has 0 radical (unpaired) electrons. The Bertz CT molecular complexity index is 952. The van der Waals surface area contributed by atoms with Crippen molar-refractivity contribution in [2.24, 2.45) is 5.41 Å². The molecule has 1 saturated heterocycles. The number of nitrogens with zero attached hydrogens (tertiary/aromatic N) is 3. The number of carbonyl (C=O) groups excluding carboxylic acids is 1. The van der Waals surface area contributed by atoms with Gasteiger partial charge in [0.2, 0.25) is 5.91 Å². The summed E-state index contributed by atoms with van der Waals surface area (Å²) in [4.78, 5) is 19.2. The van der Waals surface area contributed by atoms with E-state index in [2.05, 4.69) is 4.98 Å². The van der Waals surface area contributed by atoms with Gasteiger partial charge in [-0.25, -0.2) is 0 Å². The Morgan fingerprint density at radius 3 is 2.52 bits per heavy atom. The van der Waals surface area contributed by atoms with Crippen LogP contribution in [0.2, 0.25) is 0 Å². The molecule has 164 valence electrons. The van der Waals surface area contributed by atoms with Gasteiger partial charge in [-0.3, -0.25) is 20.0 Å². The second-order valence-electron chi connectivity index (χ2n) is 8.49. The number of amides is 1. The smallest absolute Gasteiger partial charge is 0.292 e. The lowest BCUT2D eigenvalue weighted by atomic mass is 9.80. The molecule has 1 N–H and O–H groups in total. The molecule has 1 fully saturated rings. The van der Waals surface area contributed by atoms with Crippen molar-refractivity contribution >= 4 is 5.91 Å². The van der Waals surface area contributed by atoms with E-state index < -0.39 is 23.2 Å². The molecule has 1 aromatic carbocycles. The Labute approximate surface area is 179 Å². The van der Waals surface area contributed by atoms with Crippen LogP contribution in [-0.2, 0) is 16.8 Å². The number of hydrogen-bond donors (Lipinski definition) is 1. The van der Waals surface area contributed by atoms with Crippen molar-refractivity contribution in [3.63, 3.8) is 0 Å². The first-order valence-corrected chi connectivity index (χ1v) is 10.1. The fourth-order valence-corrected chi connectivity index (χ4v) is 4.13. The molecule has 0 unspecified atom stereocenters. The summed E-state index contributed by atoms with van der Waals surface area (Å²) in [6, 6.07) is 14.5. The first kappa shape index (κ1) is 22.8. The number of pyridine rings is 1. The highest BCUT2D eigenvalue weighted by Crippen LogP contribution is 2.41. The number of hydrogen-bond acceptors (Lipinski definition) is 4. The molecular formula is C23H25F3N4O. The molecule has 2 heterocycles. The molecule has 1 aromatic heterocycles. The van der Waals surface area contributed by atoms with Gasteiger partial charge in [0.1, 0.15) is 0 Å². The average molecular weight is 430 g/mol. The highest BCUT2D eigenvalue weighted by Gasteiger charge is 2.50. The summed E-state index contributed by atoms with van der Waals surface area (Å²) in [5.74, 6) is -0.993. The Morgan fingerprint density at radius 2 is 1.94 bits per heavy atom. The Kier molecular flexibility index (Phi) is 6.37. The molecule has 31 heavy (non-hydrogen) atoms. The van der Waals surface area contributed by atoms with Crippen molar-refractivity contribution in [1.29, 1.82) is 5.26 Å². The van der Waals surface area contributed by atoms with Gasteiger partial charge >= 0.3 is 6.30 Å². The first-order valence-electron chi connectivity index (χ1n) is 10.1. The second-order valence-corrected chi connectivity index (χ2v) is 8.49. The van der Waals surface area contributed by atoms with Gasteiger partial charge in [0.25, 0.3) is 0 Å². The third kappa shape index (κ3) is 5.23. The molecule has 1 atom stereocenters. The first-order chi connectivity index (χ1) is 14.6. The molecule has 0 aliphatic carbocycles. The van der Waals surface area contributed by atoms with Gasteiger partial charge in [-0.05, 0) is 62.9 Å². The molecule has 8 heteroatoms. The average Bonchev–Trinajstić information content (AvgIpc) is 3.19. The van der Waals surface area contributed by atoms with Gasteiger partial charge in [-0.15, -0.1) is 0 Å². The van der Waals surface area contributed by atoms with Crippen LogP contribution >= 0.6 is 0 Å². The second kappa shape index (κ2) is 8.67. The van der Waals surface area contributed by atoms with Crippen molar-refractivity contribution in [2.75, 3.05) is 13.1 Å². The third-order valence-electron chi connectivity index (χ3n) is 6.15. The van der Waals surface area contributed by atoms with Gasteiger partial charge in [0, 0.05) is 19.3 Å². The molecule has 2 aromatic rings. The molecule has 5 nitrogen and oxygen atoms in total. The summed E-state index contributed by atoms with van der Waals surface area (Å²) in [6.45, 7) is 4.62. The topological polar surface area (TPSA) is 69.0 Å². The molecule has 3 rings (SSSR count). The minimum Gasteiger partial charge on any atom is -0.292 e. The number of halogens is 3. The lowest BCUT2D eigenvalue weighted by molar-refractivity contribution is -0.176. The molecule has 1 aliphatic rings. The van der Waals surface area contributed by atoms with E-state index in [1.807, 2.05) is 43.0 Å². The van der Waals surface area contributed by atoms with E-state index >= 15 is 0 Å². The third-order valence-corrected chi connectivity index (χ3v) is 6.15. The number of aromatic nitrogens is 1. The Morgan fingerprint density at radius 1 is 1.23 bits per heavy atom. The van der Waals surface area contributed by atoms with Crippen LogP contribution in [0.5, 0.6) is 0 Å². The monoisotopic (exact) mass is 430 g/mol. The summed E-state index contributed by atoms with van der Waals surface area (Å²) >= 11 is 0. The van der Waals surface area contributed by atoms with Gasteiger partial charge in [0.15, 0.2) is 0 Å². The lowest BCUT2D eigenvalue weighted by Crippen LogP contribution is -2.50. The van der Waals surface area contributed by atoms with Crippen molar-refractivity contribution in [3.8, 4) is 6.07 Å². The van der Waals surface area contributed by atoms with Gasteiger partial charge in [-0.2, -0.15) is 18.4 Å². The number of nitrogens with one attached hydrogen (secondary N) is 1. The van der Waals surface area contributed by atoms with Crippen molar-refractivity contribution < 1.29 is 18.0 Å². The summed E-state index contributed by atoms with van der Waals surface area (Å²) < 4.78 is 39.0. The zero-order valence-corrected chi connectivity index (χ0v) is 17.5. The predicted molar refractivity (Wildman–Crippen MR) is 110 cm³/mol. The van der Waals surface area contributed by atoms with Crippen LogP contribution in [0, 0.1) is 16.7 Å². The molecule has 1 amide bonds.